The fraction of sp³-hybridized carbons (Fsp3) is 0.182. The van der Waals surface area contributed by atoms with Crippen molar-refractivity contribution < 1.29 is 24.2 Å². The highest BCUT2D eigenvalue weighted by molar-refractivity contribution is 7.16. The molecule has 1 amide bonds. The van der Waals surface area contributed by atoms with E-state index in [4.69, 9.17) is 0 Å². The Morgan fingerprint density at radius 3 is 2.61 bits per heavy atom. The van der Waals surface area contributed by atoms with E-state index in [1.165, 1.54) is 18.4 Å². The molecule has 6 nitrogen and oxygen atoms in total. The van der Waals surface area contributed by atoms with Gasteiger partial charge in [-0.25, -0.2) is 4.79 Å². The Labute approximate surface area is 107 Å². The van der Waals surface area contributed by atoms with Gasteiger partial charge in [-0.05, 0) is 19.1 Å². The van der Waals surface area contributed by atoms with Crippen LogP contribution in [0, 0.1) is 6.92 Å². The van der Waals surface area contributed by atoms with Crippen LogP contribution >= 0.6 is 11.3 Å². The molecule has 0 saturated carbocycles. The van der Waals surface area contributed by atoms with Crippen molar-refractivity contribution in [3.63, 3.8) is 0 Å². The zero-order valence-electron chi connectivity index (χ0n) is 9.68. The minimum absolute atomic E-state index is 0.232. The molecule has 0 aliphatic carbocycles. The second-order valence-electron chi connectivity index (χ2n) is 3.23. The standard InChI is InChI=1S/C11H11NO5S/c1-6-5-7(11(16)17-2)10(18-6)12-8(13)3-4-9(14)15/h3-5H,1-2H3,(H,12,13)(H,14,15)/p-1. The first-order valence-electron chi connectivity index (χ1n) is 4.83. The van der Waals surface area contributed by atoms with Gasteiger partial charge in [0.05, 0.1) is 18.6 Å². The van der Waals surface area contributed by atoms with Gasteiger partial charge in [0, 0.05) is 11.0 Å². The number of rotatable bonds is 4. The Kier molecular flexibility index (Phi) is 4.61. The van der Waals surface area contributed by atoms with Gasteiger partial charge in [-0.1, -0.05) is 0 Å². The van der Waals surface area contributed by atoms with Crippen molar-refractivity contribution in [3.8, 4) is 0 Å². The summed E-state index contributed by atoms with van der Waals surface area (Å²) in [5.74, 6) is -2.70. The Balaban J connectivity index is 2.87. The summed E-state index contributed by atoms with van der Waals surface area (Å²) < 4.78 is 4.56. The lowest BCUT2D eigenvalue weighted by Crippen LogP contribution is -2.20. The van der Waals surface area contributed by atoms with E-state index in [1.807, 2.05) is 0 Å². The predicted molar refractivity (Wildman–Crippen MR) is 63.2 cm³/mol. The van der Waals surface area contributed by atoms with E-state index in [0.29, 0.717) is 11.1 Å². The number of thiophene rings is 1. The van der Waals surface area contributed by atoms with E-state index in [9.17, 15) is 19.5 Å². The molecule has 0 saturated heterocycles. The van der Waals surface area contributed by atoms with Gasteiger partial charge in [-0.15, -0.1) is 11.3 Å². The molecule has 1 aromatic rings. The van der Waals surface area contributed by atoms with Crippen molar-refractivity contribution in [3.05, 3.63) is 28.7 Å². The van der Waals surface area contributed by atoms with Gasteiger partial charge >= 0.3 is 5.97 Å². The molecule has 1 N–H and O–H groups in total. The van der Waals surface area contributed by atoms with Crippen LogP contribution < -0.4 is 10.4 Å². The van der Waals surface area contributed by atoms with Crippen LogP contribution in [0.15, 0.2) is 18.2 Å². The normalized spacial score (nSPS) is 10.3. The van der Waals surface area contributed by atoms with Crippen LogP contribution in [-0.2, 0) is 14.3 Å². The van der Waals surface area contributed by atoms with Crippen LogP contribution in [0.5, 0.6) is 0 Å². The second-order valence-corrected chi connectivity index (χ2v) is 4.49. The molecule has 0 bridgehead atoms. The molecule has 0 aliphatic rings. The summed E-state index contributed by atoms with van der Waals surface area (Å²) in [5, 5.41) is 12.8. The number of aliphatic carboxylic acids is 1. The molecule has 96 valence electrons. The first-order valence-corrected chi connectivity index (χ1v) is 5.64. The third-order valence-corrected chi connectivity index (χ3v) is 2.83. The molecule has 0 radical (unpaired) electrons. The van der Waals surface area contributed by atoms with Crippen molar-refractivity contribution in [2.75, 3.05) is 12.4 Å². The van der Waals surface area contributed by atoms with Crippen LogP contribution in [0.1, 0.15) is 15.2 Å². The lowest BCUT2D eigenvalue weighted by atomic mass is 10.3. The zero-order chi connectivity index (χ0) is 13.7. The minimum atomic E-state index is -1.47. The molecule has 1 rings (SSSR count). The van der Waals surface area contributed by atoms with Gasteiger partial charge in [0.1, 0.15) is 5.00 Å². The lowest BCUT2D eigenvalue weighted by molar-refractivity contribution is -0.297. The highest BCUT2D eigenvalue weighted by Gasteiger charge is 2.16. The molecule has 0 aromatic carbocycles. The fourth-order valence-electron chi connectivity index (χ4n) is 1.17. The van der Waals surface area contributed by atoms with Crippen LogP contribution in [0.4, 0.5) is 5.00 Å². The maximum atomic E-state index is 11.4. The topological polar surface area (TPSA) is 95.5 Å². The molecule has 0 unspecified atom stereocenters. The number of carboxylic acid groups (broad SMARTS) is 1. The number of carbonyl (C=O) groups is 3. The third-order valence-electron chi connectivity index (χ3n) is 1.87. The number of anilines is 1. The SMILES string of the molecule is COC(=O)c1cc(C)sc1NC(=O)C=CC(=O)[O-]. The van der Waals surface area contributed by atoms with E-state index in [-0.39, 0.29) is 5.56 Å². The number of ether oxygens (including phenoxy) is 1. The number of esters is 1. The molecule has 18 heavy (non-hydrogen) atoms. The van der Waals surface area contributed by atoms with Crippen LogP contribution in [0.25, 0.3) is 0 Å². The number of carboxylic acids is 1. The van der Waals surface area contributed by atoms with E-state index in [2.05, 4.69) is 10.1 Å². The van der Waals surface area contributed by atoms with E-state index >= 15 is 0 Å². The number of hydrogen-bond acceptors (Lipinski definition) is 6. The van der Waals surface area contributed by atoms with E-state index in [0.717, 1.165) is 11.0 Å². The molecule has 1 aromatic heterocycles. The van der Waals surface area contributed by atoms with Crippen molar-refractivity contribution in [2.24, 2.45) is 0 Å². The number of nitrogens with one attached hydrogen (secondary N) is 1. The number of amides is 1. The van der Waals surface area contributed by atoms with Crippen LogP contribution in [0.3, 0.4) is 0 Å². The Bertz CT molecular complexity index is 518. The smallest absolute Gasteiger partial charge is 0.340 e. The van der Waals surface area contributed by atoms with Gasteiger partial charge in [0.25, 0.3) is 0 Å². The summed E-state index contributed by atoms with van der Waals surface area (Å²) in [6.45, 7) is 1.77. The first kappa shape index (κ1) is 13.9. The molecule has 0 spiro atoms. The molecule has 1 heterocycles. The monoisotopic (exact) mass is 268 g/mol. The quantitative estimate of drug-likeness (QED) is 0.616. The molecule has 7 heteroatoms. The fourth-order valence-corrected chi connectivity index (χ4v) is 2.07. The number of aryl methyl sites for hydroxylation is 1. The van der Waals surface area contributed by atoms with Crippen LogP contribution in [0.2, 0.25) is 0 Å². The number of hydrogen-bond donors (Lipinski definition) is 1. The summed E-state index contributed by atoms with van der Waals surface area (Å²) in [6.07, 6.45) is 1.42. The molecular weight excluding hydrogens is 258 g/mol. The zero-order valence-corrected chi connectivity index (χ0v) is 10.5. The van der Waals surface area contributed by atoms with Crippen molar-refractivity contribution >= 4 is 34.2 Å². The van der Waals surface area contributed by atoms with E-state index < -0.39 is 17.8 Å². The van der Waals surface area contributed by atoms with Gasteiger partial charge < -0.3 is 20.0 Å². The third kappa shape index (κ3) is 3.70. The maximum Gasteiger partial charge on any atom is 0.340 e. The van der Waals surface area contributed by atoms with Gasteiger partial charge in [-0.3, -0.25) is 4.79 Å². The summed E-state index contributed by atoms with van der Waals surface area (Å²) >= 11 is 1.19. The Morgan fingerprint density at radius 2 is 2.06 bits per heavy atom. The Morgan fingerprint density at radius 1 is 1.39 bits per heavy atom. The van der Waals surface area contributed by atoms with Crippen molar-refractivity contribution in [1.29, 1.82) is 0 Å². The number of methoxy groups -OCH3 is 1. The molecule has 0 aliphatic heterocycles. The minimum Gasteiger partial charge on any atom is -0.545 e. The predicted octanol–water partition coefficient (Wildman–Crippen LogP) is 0.0877. The van der Waals surface area contributed by atoms with Gasteiger partial charge in [0.2, 0.25) is 5.91 Å². The summed E-state index contributed by atoms with van der Waals surface area (Å²) in [5.41, 5.74) is 0.232. The number of carbonyl (C=O) groups excluding carboxylic acids is 3. The first-order chi connectivity index (χ1) is 8.43. The van der Waals surface area contributed by atoms with Crippen molar-refractivity contribution in [2.45, 2.75) is 6.92 Å². The molecule has 0 atom stereocenters. The average molecular weight is 268 g/mol. The van der Waals surface area contributed by atoms with Gasteiger partial charge in [-0.2, -0.15) is 0 Å². The highest BCUT2D eigenvalue weighted by atomic mass is 32.1. The summed E-state index contributed by atoms with van der Waals surface area (Å²) in [6, 6.07) is 1.58. The largest absolute Gasteiger partial charge is 0.545 e. The average Bonchev–Trinajstić information content (AvgIpc) is 2.66. The van der Waals surface area contributed by atoms with Crippen molar-refractivity contribution in [1.82, 2.24) is 0 Å². The lowest BCUT2D eigenvalue weighted by Gasteiger charge is -2.02. The Hall–Kier alpha value is -2.15. The molecular formula is C11H10NO5S-. The molecule has 0 fully saturated rings. The van der Waals surface area contributed by atoms with E-state index in [1.54, 1.807) is 13.0 Å². The highest BCUT2D eigenvalue weighted by Crippen LogP contribution is 2.28. The maximum absolute atomic E-state index is 11.4. The second kappa shape index (κ2) is 5.97. The summed E-state index contributed by atoms with van der Waals surface area (Å²) in [7, 11) is 1.23. The summed E-state index contributed by atoms with van der Waals surface area (Å²) in [4.78, 5) is 33.7. The van der Waals surface area contributed by atoms with Gasteiger partial charge in [0.15, 0.2) is 0 Å². The van der Waals surface area contributed by atoms with Crippen LogP contribution in [-0.4, -0.2) is 25.0 Å².